The predicted molar refractivity (Wildman–Crippen MR) is 128 cm³/mol. The van der Waals surface area contributed by atoms with Crippen LogP contribution in [0.5, 0.6) is 0 Å². The van der Waals surface area contributed by atoms with Crippen molar-refractivity contribution >= 4 is 23.4 Å². The van der Waals surface area contributed by atoms with Crippen LogP contribution in [0.3, 0.4) is 0 Å². The Morgan fingerprint density at radius 3 is 2.44 bits per heavy atom. The first kappa shape index (κ1) is 24.7. The van der Waals surface area contributed by atoms with Gasteiger partial charge in [0.1, 0.15) is 29.9 Å². The van der Waals surface area contributed by atoms with Crippen LogP contribution >= 0.6 is 11.8 Å². The minimum atomic E-state index is -1.27. The van der Waals surface area contributed by atoms with Crippen LogP contribution in [0.15, 0.2) is 42.5 Å². The summed E-state index contributed by atoms with van der Waals surface area (Å²) in [5.74, 6) is 0.0324. The maximum absolute atomic E-state index is 11.9. The van der Waals surface area contributed by atoms with E-state index in [0.29, 0.717) is 12.8 Å². The summed E-state index contributed by atoms with van der Waals surface area (Å²) in [7, 11) is 0. The average Bonchev–Trinajstić information content (AvgIpc) is 2.79. The van der Waals surface area contributed by atoms with E-state index in [-0.39, 0.29) is 5.91 Å². The molecule has 0 saturated carbocycles. The molecular weight excluding hydrogens is 426 g/mol. The molecular formula is C25H33NO5S. The van der Waals surface area contributed by atoms with Gasteiger partial charge in [0, 0.05) is 12.1 Å². The molecule has 0 spiro atoms. The van der Waals surface area contributed by atoms with Gasteiger partial charge in [-0.15, -0.1) is 11.8 Å². The lowest BCUT2D eigenvalue weighted by molar-refractivity contribution is -0.200. The normalized spacial score (nSPS) is 25.5. The minimum absolute atomic E-state index is 0.0324. The van der Waals surface area contributed by atoms with Gasteiger partial charge in [0.2, 0.25) is 5.91 Å². The second-order valence-corrected chi connectivity index (χ2v) is 9.28. The lowest BCUT2D eigenvalue weighted by atomic mass is 9.91. The van der Waals surface area contributed by atoms with Gasteiger partial charge in [-0.3, -0.25) is 4.79 Å². The standard InChI is InChI=1S/C25H33NO5S/c1-4-5-6-20(27)26-19-11-8-16(9-12-19)13-18-14-17(10-7-15(18)2)24-22(29)21(28)23(30)25(31-24)32-3/h7-12,14,21-25,28-30H,4-6,13H2,1-3H3,(H,26,27)/t21-,22-,23+,24+,25-/m1/s1. The Kier molecular flexibility index (Phi) is 8.73. The van der Waals surface area contributed by atoms with Crippen molar-refractivity contribution in [3.63, 3.8) is 0 Å². The molecule has 5 atom stereocenters. The van der Waals surface area contributed by atoms with Crippen molar-refractivity contribution in [3.8, 4) is 0 Å². The Balaban J connectivity index is 1.73. The molecule has 6 nitrogen and oxygen atoms in total. The molecule has 2 aromatic rings. The third-order valence-electron chi connectivity index (χ3n) is 5.89. The van der Waals surface area contributed by atoms with Crippen molar-refractivity contribution in [1.82, 2.24) is 0 Å². The van der Waals surface area contributed by atoms with Gasteiger partial charge < -0.3 is 25.4 Å². The molecule has 1 aliphatic heterocycles. The summed E-state index contributed by atoms with van der Waals surface area (Å²) >= 11 is 1.30. The van der Waals surface area contributed by atoms with Crippen molar-refractivity contribution in [3.05, 3.63) is 64.7 Å². The maximum atomic E-state index is 11.9. The molecule has 2 aromatic carbocycles. The highest BCUT2D eigenvalue weighted by molar-refractivity contribution is 7.99. The number of ether oxygens (including phenoxy) is 1. The molecule has 0 unspecified atom stereocenters. The first-order valence-corrected chi connectivity index (χ1v) is 12.3. The summed E-state index contributed by atoms with van der Waals surface area (Å²) in [6.45, 7) is 4.09. The lowest BCUT2D eigenvalue weighted by Crippen LogP contribution is -2.52. The summed E-state index contributed by atoms with van der Waals surface area (Å²) in [5, 5.41) is 33.8. The molecule has 0 aromatic heterocycles. The van der Waals surface area contributed by atoms with E-state index < -0.39 is 29.9 Å². The quantitative estimate of drug-likeness (QED) is 0.482. The number of carbonyl (C=O) groups is 1. The van der Waals surface area contributed by atoms with Gasteiger partial charge >= 0.3 is 0 Å². The molecule has 1 fully saturated rings. The first-order valence-electron chi connectivity index (χ1n) is 11.0. The number of unbranched alkanes of at least 4 members (excludes halogenated alkanes) is 1. The van der Waals surface area contributed by atoms with Gasteiger partial charge in [-0.2, -0.15) is 0 Å². The Labute approximate surface area is 194 Å². The smallest absolute Gasteiger partial charge is 0.224 e. The van der Waals surface area contributed by atoms with E-state index in [1.807, 2.05) is 49.4 Å². The zero-order valence-electron chi connectivity index (χ0n) is 18.8. The van der Waals surface area contributed by atoms with E-state index in [2.05, 4.69) is 12.2 Å². The third kappa shape index (κ3) is 5.91. The molecule has 0 radical (unpaired) electrons. The van der Waals surface area contributed by atoms with E-state index in [4.69, 9.17) is 4.74 Å². The van der Waals surface area contributed by atoms with Gasteiger partial charge in [-0.1, -0.05) is 43.7 Å². The number of hydrogen-bond acceptors (Lipinski definition) is 6. The van der Waals surface area contributed by atoms with Gasteiger partial charge in [0.05, 0.1) is 0 Å². The Hall–Kier alpha value is -1.90. The number of thioether (sulfide) groups is 1. The molecule has 1 amide bonds. The molecule has 3 rings (SSSR count). The van der Waals surface area contributed by atoms with Crippen LogP contribution in [0.2, 0.25) is 0 Å². The molecule has 1 saturated heterocycles. The van der Waals surface area contributed by atoms with Crippen molar-refractivity contribution in [2.75, 3.05) is 11.6 Å². The number of benzene rings is 2. The number of amides is 1. The molecule has 0 aliphatic carbocycles. The van der Waals surface area contributed by atoms with E-state index in [1.165, 1.54) is 11.8 Å². The average molecular weight is 460 g/mol. The lowest BCUT2D eigenvalue weighted by Gasteiger charge is -2.40. The monoisotopic (exact) mass is 459 g/mol. The highest BCUT2D eigenvalue weighted by Crippen LogP contribution is 2.36. The van der Waals surface area contributed by atoms with Crippen LogP contribution in [-0.2, 0) is 16.0 Å². The Bertz CT molecular complexity index is 902. The second kappa shape index (κ2) is 11.3. The fourth-order valence-corrected chi connectivity index (χ4v) is 4.53. The predicted octanol–water partition coefficient (Wildman–Crippen LogP) is 3.56. The minimum Gasteiger partial charge on any atom is -0.387 e. The van der Waals surface area contributed by atoms with Crippen molar-refractivity contribution in [2.45, 2.75) is 69.4 Å². The largest absolute Gasteiger partial charge is 0.387 e. The molecule has 32 heavy (non-hydrogen) atoms. The van der Waals surface area contributed by atoms with Crippen LogP contribution in [0.25, 0.3) is 0 Å². The Morgan fingerprint density at radius 1 is 1.06 bits per heavy atom. The van der Waals surface area contributed by atoms with Crippen LogP contribution < -0.4 is 5.32 Å². The zero-order chi connectivity index (χ0) is 23.3. The maximum Gasteiger partial charge on any atom is 0.224 e. The topological polar surface area (TPSA) is 99.0 Å². The van der Waals surface area contributed by atoms with Gasteiger partial charge in [-0.05, 0) is 60.4 Å². The number of aliphatic hydroxyl groups is 3. The molecule has 1 heterocycles. The third-order valence-corrected chi connectivity index (χ3v) is 6.75. The molecule has 174 valence electrons. The number of carbonyl (C=O) groups excluding carboxylic acids is 1. The Morgan fingerprint density at radius 2 is 1.78 bits per heavy atom. The van der Waals surface area contributed by atoms with Gasteiger partial charge in [0.15, 0.2) is 0 Å². The van der Waals surface area contributed by atoms with E-state index >= 15 is 0 Å². The molecule has 4 N–H and O–H groups in total. The number of hydrogen-bond donors (Lipinski definition) is 4. The fraction of sp³-hybridized carbons (Fsp3) is 0.480. The molecule has 1 aliphatic rings. The number of aryl methyl sites for hydroxylation is 1. The first-order chi connectivity index (χ1) is 15.3. The van der Waals surface area contributed by atoms with E-state index in [1.54, 1.807) is 6.26 Å². The number of anilines is 1. The van der Waals surface area contributed by atoms with E-state index in [9.17, 15) is 20.1 Å². The van der Waals surface area contributed by atoms with Crippen LogP contribution in [0.1, 0.15) is 54.5 Å². The molecule has 0 bridgehead atoms. The van der Waals surface area contributed by atoms with Crippen molar-refractivity contribution in [2.24, 2.45) is 0 Å². The van der Waals surface area contributed by atoms with Crippen molar-refractivity contribution in [1.29, 1.82) is 0 Å². The summed E-state index contributed by atoms with van der Waals surface area (Å²) in [6, 6.07) is 13.7. The molecule has 7 heteroatoms. The SMILES string of the molecule is CCCCC(=O)Nc1ccc(Cc2cc([C@@H]3O[C@H](SC)[C@@H](O)[C@H](O)[C@H]3O)ccc2C)cc1. The van der Waals surface area contributed by atoms with Crippen LogP contribution in [0, 0.1) is 6.92 Å². The second-order valence-electron chi connectivity index (χ2n) is 8.34. The number of rotatable bonds is 8. The summed E-state index contributed by atoms with van der Waals surface area (Å²) in [5.41, 5.74) is 4.23. The number of aliphatic hydroxyl groups excluding tert-OH is 3. The van der Waals surface area contributed by atoms with Gasteiger partial charge in [-0.25, -0.2) is 0 Å². The summed E-state index contributed by atoms with van der Waals surface area (Å²) < 4.78 is 5.91. The van der Waals surface area contributed by atoms with Gasteiger partial charge in [0.25, 0.3) is 0 Å². The summed E-state index contributed by atoms with van der Waals surface area (Å²) in [6.07, 6.45) is 0.555. The number of nitrogens with one attached hydrogen (secondary N) is 1. The summed E-state index contributed by atoms with van der Waals surface area (Å²) in [4.78, 5) is 11.9. The van der Waals surface area contributed by atoms with Crippen molar-refractivity contribution < 1.29 is 24.9 Å². The van der Waals surface area contributed by atoms with Crippen LogP contribution in [-0.4, -0.2) is 51.2 Å². The zero-order valence-corrected chi connectivity index (χ0v) is 19.6. The fourth-order valence-electron chi connectivity index (χ4n) is 3.86. The highest BCUT2D eigenvalue weighted by Gasteiger charge is 2.44. The van der Waals surface area contributed by atoms with Crippen LogP contribution in [0.4, 0.5) is 5.69 Å². The van der Waals surface area contributed by atoms with E-state index in [0.717, 1.165) is 40.8 Å². The highest BCUT2D eigenvalue weighted by atomic mass is 32.2.